The maximum absolute atomic E-state index is 9.23. The van der Waals surface area contributed by atoms with E-state index in [-0.39, 0.29) is 11.5 Å². The molecule has 1 aliphatic rings. The summed E-state index contributed by atoms with van der Waals surface area (Å²) in [5.74, 6) is -0.826. The van der Waals surface area contributed by atoms with E-state index in [0.29, 0.717) is 0 Å². The van der Waals surface area contributed by atoms with Gasteiger partial charge in [0.25, 0.3) is 0 Å². The van der Waals surface area contributed by atoms with Gasteiger partial charge in [0.1, 0.15) is 6.10 Å². The predicted octanol–water partition coefficient (Wildman–Crippen LogP) is 1.53. The average Bonchev–Trinajstić information content (AvgIpc) is 2.05. The van der Waals surface area contributed by atoms with Gasteiger partial charge < -0.3 is 9.84 Å². The first-order chi connectivity index (χ1) is 4.31. The van der Waals surface area contributed by atoms with Crippen LogP contribution in [-0.2, 0) is 4.74 Å². The van der Waals surface area contributed by atoms with Crippen LogP contribution >= 0.6 is 0 Å². The third kappa shape index (κ3) is 1.96. The number of hydrogen-bond acceptors (Lipinski definition) is 2. The molecule has 0 amide bonds. The zero-order valence-electron chi connectivity index (χ0n) is 7.14. The van der Waals surface area contributed by atoms with Gasteiger partial charge in [-0.1, -0.05) is 20.8 Å². The van der Waals surface area contributed by atoms with Crippen LogP contribution in [0, 0.1) is 5.41 Å². The first kappa shape index (κ1) is 8.02. The zero-order chi connectivity index (χ0) is 7.99. The molecule has 0 aliphatic carbocycles. The lowest BCUT2D eigenvalue weighted by Gasteiger charge is -2.15. The number of epoxide rings is 1. The van der Waals surface area contributed by atoms with E-state index in [1.807, 2.05) is 0 Å². The molecule has 2 nitrogen and oxygen atoms in total. The van der Waals surface area contributed by atoms with Crippen LogP contribution in [0.15, 0.2) is 0 Å². The van der Waals surface area contributed by atoms with Crippen molar-refractivity contribution >= 4 is 0 Å². The van der Waals surface area contributed by atoms with E-state index in [4.69, 9.17) is 4.74 Å². The molecule has 0 radical (unpaired) electrons. The Kier molecular flexibility index (Phi) is 1.57. The Morgan fingerprint density at radius 3 is 2.00 bits per heavy atom. The maximum Gasteiger partial charge on any atom is 0.190 e. The summed E-state index contributed by atoms with van der Waals surface area (Å²) >= 11 is 0. The molecule has 2 atom stereocenters. The van der Waals surface area contributed by atoms with Crippen molar-refractivity contribution in [3.63, 3.8) is 0 Å². The maximum atomic E-state index is 9.23. The highest BCUT2D eigenvalue weighted by Crippen LogP contribution is 2.40. The Balaban J connectivity index is 2.31. The van der Waals surface area contributed by atoms with Gasteiger partial charge >= 0.3 is 0 Å². The van der Waals surface area contributed by atoms with Crippen molar-refractivity contribution in [2.24, 2.45) is 5.41 Å². The molecule has 1 aliphatic heterocycles. The first-order valence-electron chi connectivity index (χ1n) is 3.71. The van der Waals surface area contributed by atoms with Crippen LogP contribution in [0.4, 0.5) is 0 Å². The Morgan fingerprint density at radius 1 is 1.50 bits per heavy atom. The summed E-state index contributed by atoms with van der Waals surface area (Å²) in [5.41, 5.74) is 0.255. The predicted molar refractivity (Wildman–Crippen MR) is 39.6 cm³/mol. The van der Waals surface area contributed by atoms with Gasteiger partial charge in [-0.05, 0) is 18.8 Å². The SMILES string of the molecule is CC(C)(C)CC1OC1(C)O. The Bertz CT molecular complexity index is 133. The highest BCUT2D eigenvalue weighted by Gasteiger charge is 2.51. The number of aliphatic hydroxyl groups is 1. The molecule has 0 spiro atoms. The smallest absolute Gasteiger partial charge is 0.190 e. The van der Waals surface area contributed by atoms with Gasteiger partial charge in [0, 0.05) is 0 Å². The molecule has 2 heteroatoms. The van der Waals surface area contributed by atoms with Crippen LogP contribution < -0.4 is 0 Å². The van der Waals surface area contributed by atoms with Crippen molar-refractivity contribution in [1.82, 2.24) is 0 Å². The second kappa shape index (κ2) is 1.95. The second-order valence-corrected chi connectivity index (χ2v) is 4.43. The molecule has 60 valence electrons. The monoisotopic (exact) mass is 144 g/mol. The fraction of sp³-hybridized carbons (Fsp3) is 1.00. The Hall–Kier alpha value is -0.0800. The van der Waals surface area contributed by atoms with E-state index in [1.54, 1.807) is 6.92 Å². The molecule has 0 bridgehead atoms. The molecule has 0 aromatic rings. The lowest BCUT2D eigenvalue weighted by atomic mass is 9.89. The minimum absolute atomic E-state index is 0.0625. The van der Waals surface area contributed by atoms with Gasteiger partial charge in [0.05, 0.1) is 0 Å². The van der Waals surface area contributed by atoms with Crippen molar-refractivity contribution in [3.8, 4) is 0 Å². The van der Waals surface area contributed by atoms with Gasteiger partial charge in [0.15, 0.2) is 5.79 Å². The molecule has 0 aromatic heterocycles. The molecule has 1 heterocycles. The minimum atomic E-state index is -0.826. The number of hydrogen-bond donors (Lipinski definition) is 1. The standard InChI is InChI=1S/C8H16O2/c1-7(2,3)5-6-8(4,9)10-6/h6,9H,5H2,1-4H3. The largest absolute Gasteiger partial charge is 0.364 e. The summed E-state index contributed by atoms with van der Waals surface area (Å²) in [6.07, 6.45) is 0.993. The molecule has 1 saturated heterocycles. The summed E-state index contributed by atoms with van der Waals surface area (Å²) in [6, 6.07) is 0. The zero-order valence-corrected chi connectivity index (χ0v) is 7.14. The fourth-order valence-corrected chi connectivity index (χ4v) is 1.04. The van der Waals surface area contributed by atoms with E-state index in [2.05, 4.69) is 20.8 Å². The van der Waals surface area contributed by atoms with Crippen molar-refractivity contribution in [3.05, 3.63) is 0 Å². The van der Waals surface area contributed by atoms with Gasteiger partial charge in [-0.15, -0.1) is 0 Å². The van der Waals surface area contributed by atoms with Crippen molar-refractivity contribution < 1.29 is 9.84 Å². The van der Waals surface area contributed by atoms with E-state index in [9.17, 15) is 5.11 Å². The van der Waals surface area contributed by atoms with Crippen molar-refractivity contribution in [2.45, 2.75) is 46.0 Å². The van der Waals surface area contributed by atoms with Crippen molar-refractivity contribution in [1.29, 1.82) is 0 Å². The number of rotatable bonds is 1. The minimum Gasteiger partial charge on any atom is -0.364 e. The van der Waals surface area contributed by atoms with Crippen LogP contribution in [0.25, 0.3) is 0 Å². The van der Waals surface area contributed by atoms with Crippen LogP contribution in [0.1, 0.15) is 34.1 Å². The van der Waals surface area contributed by atoms with Crippen LogP contribution in [0.5, 0.6) is 0 Å². The van der Waals surface area contributed by atoms with Gasteiger partial charge in [-0.2, -0.15) is 0 Å². The molecule has 2 unspecified atom stereocenters. The first-order valence-corrected chi connectivity index (χ1v) is 3.71. The van der Waals surface area contributed by atoms with Gasteiger partial charge in [-0.25, -0.2) is 0 Å². The molecular weight excluding hydrogens is 128 g/mol. The summed E-state index contributed by atoms with van der Waals surface area (Å²) in [7, 11) is 0. The highest BCUT2D eigenvalue weighted by atomic mass is 16.7. The van der Waals surface area contributed by atoms with Crippen LogP contribution in [-0.4, -0.2) is 17.0 Å². The lowest BCUT2D eigenvalue weighted by molar-refractivity contribution is 0.0548. The normalized spacial score (nSPS) is 39.9. The van der Waals surface area contributed by atoms with Gasteiger partial charge in [-0.3, -0.25) is 0 Å². The average molecular weight is 144 g/mol. The molecular formula is C8H16O2. The second-order valence-electron chi connectivity index (χ2n) is 4.43. The summed E-state index contributed by atoms with van der Waals surface area (Å²) < 4.78 is 5.04. The molecule has 0 aromatic carbocycles. The summed E-state index contributed by atoms with van der Waals surface area (Å²) in [5, 5.41) is 9.23. The molecule has 1 N–H and O–H groups in total. The van der Waals surface area contributed by atoms with Gasteiger partial charge in [0.2, 0.25) is 0 Å². The van der Waals surface area contributed by atoms with Crippen LogP contribution in [0.3, 0.4) is 0 Å². The van der Waals surface area contributed by atoms with E-state index in [1.165, 1.54) is 0 Å². The molecule has 10 heavy (non-hydrogen) atoms. The molecule has 0 saturated carbocycles. The Labute approximate surface area is 62.2 Å². The van der Waals surface area contributed by atoms with E-state index >= 15 is 0 Å². The summed E-state index contributed by atoms with van der Waals surface area (Å²) in [6.45, 7) is 8.14. The Morgan fingerprint density at radius 2 is 1.90 bits per heavy atom. The topological polar surface area (TPSA) is 32.8 Å². The highest BCUT2D eigenvalue weighted by molar-refractivity contribution is 4.91. The lowest BCUT2D eigenvalue weighted by Crippen LogP contribution is -2.15. The summed E-state index contributed by atoms with van der Waals surface area (Å²) in [4.78, 5) is 0. The fourth-order valence-electron chi connectivity index (χ4n) is 1.04. The molecule has 1 fully saturated rings. The quantitative estimate of drug-likeness (QED) is 0.566. The van der Waals surface area contributed by atoms with E-state index < -0.39 is 5.79 Å². The third-order valence-corrected chi connectivity index (χ3v) is 1.72. The third-order valence-electron chi connectivity index (χ3n) is 1.72. The van der Waals surface area contributed by atoms with E-state index in [0.717, 1.165) is 6.42 Å². The van der Waals surface area contributed by atoms with Crippen LogP contribution in [0.2, 0.25) is 0 Å². The number of ether oxygens (including phenoxy) is 1. The molecule has 1 rings (SSSR count). The van der Waals surface area contributed by atoms with Crippen molar-refractivity contribution in [2.75, 3.05) is 0 Å².